The molecule has 0 aliphatic carbocycles. The maximum atomic E-state index is 12.3. The van der Waals surface area contributed by atoms with E-state index < -0.39 is 0 Å². The summed E-state index contributed by atoms with van der Waals surface area (Å²) in [5, 5.41) is 11.8. The van der Waals surface area contributed by atoms with Crippen molar-refractivity contribution in [3.63, 3.8) is 0 Å². The number of nitrogens with zero attached hydrogens (tertiary/aromatic N) is 2. The van der Waals surface area contributed by atoms with Crippen molar-refractivity contribution >= 4 is 27.7 Å². The zero-order valence-corrected chi connectivity index (χ0v) is 12.0. The van der Waals surface area contributed by atoms with Gasteiger partial charge in [-0.15, -0.1) is 0 Å². The zero-order valence-electron chi connectivity index (χ0n) is 10.4. The van der Waals surface area contributed by atoms with E-state index in [1.165, 1.54) is 0 Å². The second kappa shape index (κ2) is 6.06. The number of nitrogens with two attached hydrogens (primary N) is 1. The predicted octanol–water partition coefficient (Wildman–Crippen LogP) is 1.73. The Morgan fingerprint density at radius 3 is 2.79 bits per heavy atom. The van der Waals surface area contributed by atoms with Gasteiger partial charge in [0.15, 0.2) is 5.84 Å². The monoisotopic (exact) mass is 325 g/mol. The van der Waals surface area contributed by atoms with Gasteiger partial charge in [0, 0.05) is 11.0 Å². The van der Waals surface area contributed by atoms with Gasteiger partial charge in [0.1, 0.15) is 0 Å². The van der Waals surface area contributed by atoms with Crippen LogP contribution in [0.5, 0.6) is 0 Å². The van der Waals surface area contributed by atoms with Gasteiger partial charge in [-0.3, -0.25) is 4.79 Å². The fourth-order valence-corrected chi connectivity index (χ4v) is 2.58. The molecule has 3 N–H and O–H groups in total. The molecule has 0 aromatic heterocycles. The maximum Gasteiger partial charge on any atom is 0.227 e. The molecular formula is C13H16BrN3O2. The van der Waals surface area contributed by atoms with Gasteiger partial charge in [0.25, 0.3) is 0 Å². The first kappa shape index (κ1) is 13.9. The van der Waals surface area contributed by atoms with Crippen LogP contribution in [-0.4, -0.2) is 34.4 Å². The van der Waals surface area contributed by atoms with Gasteiger partial charge in [-0.2, -0.15) is 0 Å². The minimum atomic E-state index is -0.270. The van der Waals surface area contributed by atoms with E-state index in [-0.39, 0.29) is 17.8 Å². The number of benzene rings is 1. The van der Waals surface area contributed by atoms with Crippen molar-refractivity contribution in [3.8, 4) is 0 Å². The number of amides is 1. The number of hydrogen-bond donors (Lipinski definition) is 2. The molecule has 5 nitrogen and oxygen atoms in total. The van der Waals surface area contributed by atoms with Gasteiger partial charge < -0.3 is 15.8 Å². The Morgan fingerprint density at radius 2 is 2.16 bits per heavy atom. The van der Waals surface area contributed by atoms with Crippen LogP contribution in [0.2, 0.25) is 0 Å². The van der Waals surface area contributed by atoms with Crippen molar-refractivity contribution in [2.45, 2.75) is 25.3 Å². The van der Waals surface area contributed by atoms with Gasteiger partial charge >= 0.3 is 0 Å². The number of likely N-dealkylation sites (tertiary alicyclic amines) is 1. The van der Waals surface area contributed by atoms with Gasteiger partial charge in [-0.25, -0.2) is 0 Å². The van der Waals surface area contributed by atoms with Gasteiger partial charge in [0.2, 0.25) is 5.91 Å². The van der Waals surface area contributed by atoms with Crippen LogP contribution in [0.25, 0.3) is 0 Å². The summed E-state index contributed by atoms with van der Waals surface area (Å²) in [6.07, 6.45) is 1.97. The average molecular weight is 326 g/mol. The minimum absolute atomic E-state index is 0.0106. The summed E-state index contributed by atoms with van der Waals surface area (Å²) in [7, 11) is 0. The van der Waals surface area contributed by atoms with E-state index in [0.29, 0.717) is 13.0 Å². The number of amidine groups is 1. The molecule has 1 aromatic carbocycles. The molecule has 1 heterocycles. The fraction of sp³-hybridized carbons (Fsp3) is 0.385. The molecule has 1 aromatic rings. The lowest BCUT2D eigenvalue weighted by Gasteiger charge is -2.23. The molecule has 0 bridgehead atoms. The van der Waals surface area contributed by atoms with E-state index in [9.17, 15) is 4.79 Å². The molecule has 6 heteroatoms. The summed E-state index contributed by atoms with van der Waals surface area (Å²) in [6.45, 7) is 0.663. The molecule has 0 saturated carbocycles. The highest BCUT2D eigenvalue weighted by Gasteiger charge is 2.31. The lowest BCUT2D eigenvalue weighted by molar-refractivity contribution is -0.130. The second-order valence-corrected chi connectivity index (χ2v) is 5.49. The largest absolute Gasteiger partial charge is 0.409 e. The highest BCUT2D eigenvalue weighted by Crippen LogP contribution is 2.19. The Bertz CT molecular complexity index is 487. The fourth-order valence-electron chi connectivity index (χ4n) is 2.32. The molecule has 1 saturated heterocycles. The lowest BCUT2D eigenvalue weighted by atomic mass is 10.1. The van der Waals surface area contributed by atoms with Crippen LogP contribution in [-0.2, 0) is 11.2 Å². The van der Waals surface area contributed by atoms with E-state index in [4.69, 9.17) is 10.9 Å². The number of hydrogen-bond acceptors (Lipinski definition) is 3. The molecular weight excluding hydrogens is 310 g/mol. The van der Waals surface area contributed by atoms with E-state index in [1.807, 2.05) is 24.3 Å². The summed E-state index contributed by atoms with van der Waals surface area (Å²) in [6, 6.07) is 7.38. The highest BCUT2D eigenvalue weighted by atomic mass is 79.9. The molecule has 0 radical (unpaired) electrons. The summed E-state index contributed by atoms with van der Waals surface area (Å²) in [5.41, 5.74) is 6.58. The first-order chi connectivity index (χ1) is 9.11. The minimum Gasteiger partial charge on any atom is -0.409 e. The summed E-state index contributed by atoms with van der Waals surface area (Å²) < 4.78 is 0.986. The van der Waals surface area contributed by atoms with Crippen LogP contribution in [0.3, 0.4) is 0 Å². The third kappa shape index (κ3) is 3.26. The van der Waals surface area contributed by atoms with Crippen molar-refractivity contribution < 1.29 is 10.0 Å². The lowest BCUT2D eigenvalue weighted by Crippen LogP contribution is -2.44. The van der Waals surface area contributed by atoms with Crippen molar-refractivity contribution in [2.75, 3.05) is 6.54 Å². The third-order valence-electron chi connectivity index (χ3n) is 3.30. The van der Waals surface area contributed by atoms with Crippen molar-refractivity contribution in [2.24, 2.45) is 10.9 Å². The Hall–Kier alpha value is -1.56. The molecule has 2 rings (SSSR count). The molecule has 19 heavy (non-hydrogen) atoms. The van der Waals surface area contributed by atoms with Crippen LogP contribution < -0.4 is 5.73 Å². The first-order valence-electron chi connectivity index (χ1n) is 6.13. The smallest absolute Gasteiger partial charge is 0.227 e. The van der Waals surface area contributed by atoms with Crippen LogP contribution >= 0.6 is 15.9 Å². The van der Waals surface area contributed by atoms with Gasteiger partial charge in [-0.05, 0) is 30.5 Å². The Morgan fingerprint density at radius 1 is 1.47 bits per heavy atom. The molecule has 1 aliphatic rings. The van der Waals surface area contributed by atoms with Gasteiger partial charge in [0.05, 0.1) is 12.5 Å². The van der Waals surface area contributed by atoms with Gasteiger partial charge in [-0.1, -0.05) is 33.2 Å². The normalized spacial score (nSPS) is 19.7. The zero-order chi connectivity index (χ0) is 13.8. The van der Waals surface area contributed by atoms with Crippen LogP contribution in [0.15, 0.2) is 33.9 Å². The second-order valence-electron chi connectivity index (χ2n) is 4.57. The van der Waals surface area contributed by atoms with Crippen molar-refractivity contribution in [3.05, 3.63) is 34.3 Å². The number of oxime groups is 1. The quantitative estimate of drug-likeness (QED) is 0.384. The van der Waals surface area contributed by atoms with E-state index in [0.717, 1.165) is 22.9 Å². The molecule has 1 atom stereocenters. The van der Waals surface area contributed by atoms with Crippen molar-refractivity contribution in [1.82, 2.24) is 4.90 Å². The number of halogens is 1. The molecule has 1 unspecified atom stereocenters. The molecule has 102 valence electrons. The van der Waals surface area contributed by atoms with Crippen LogP contribution in [0.1, 0.15) is 18.4 Å². The van der Waals surface area contributed by atoms with E-state index in [1.54, 1.807) is 4.90 Å². The van der Waals surface area contributed by atoms with E-state index >= 15 is 0 Å². The van der Waals surface area contributed by atoms with Crippen LogP contribution in [0, 0.1) is 0 Å². The highest BCUT2D eigenvalue weighted by molar-refractivity contribution is 9.10. The summed E-state index contributed by atoms with van der Waals surface area (Å²) in [5.74, 6) is 0.123. The third-order valence-corrected chi connectivity index (χ3v) is 3.83. The Labute approximate surface area is 120 Å². The molecule has 1 aliphatic heterocycles. The summed E-state index contributed by atoms with van der Waals surface area (Å²) >= 11 is 3.36. The van der Waals surface area contributed by atoms with Crippen molar-refractivity contribution in [1.29, 1.82) is 0 Å². The maximum absolute atomic E-state index is 12.3. The topological polar surface area (TPSA) is 78.9 Å². The van der Waals surface area contributed by atoms with Crippen LogP contribution in [0.4, 0.5) is 0 Å². The Balaban J connectivity index is 2.05. The molecule has 0 spiro atoms. The summed E-state index contributed by atoms with van der Waals surface area (Å²) in [4.78, 5) is 13.9. The Kier molecular flexibility index (Phi) is 4.42. The molecule has 1 amide bonds. The predicted molar refractivity (Wildman–Crippen MR) is 76.0 cm³/mol. The SMILES string of the molecule is NC(=NO)C1CCCN1C(=O)Cc1ccc(Br)cc1. The standard InChI is InChI=1S/C13H16BrN3O2/c14-10-5-3-9(4-6-10)8-12(18)17-7-1-2-11(17)13(15)16-19/h3-6,11,19H,1-2,7-8H2,(H2,15,16). The number of carbonyl (C=O) groups is 1. The molecule has 1 fully saturated rings. The van der Waals surface area contributed by atoms with E-state index in [2.05, 4.69) is 21.1 Å². The average Bonchev–Trinajstić information content (AvgIpc) is 2.90. The number of rotatable bonds is 3. The number of carbonyl (C=O) groups excluding carboxylic acids is 1. The first-order valence-corrected chi connectivity index (χ1v) is 6.92.